The van der Waals surface area contributed by atoms with E-state index in [0.717, 1.165) is 0 Å². The third kappa shape index (κ3) is 2.10. The number of hydrogen-bond acceptors (Lipinski definition) is 5. The van der Waals surface area contributed by atoms with Crippen LogP contribution in [0.5, 0.6) is 0 Å². The second-order valence-electron chi connectivity index (χ2n) is 3.42. The molecule has 6 heteroatoms. The molecule has 2 rings (SSSR count). The molecule has 1 N–H and O–H groups in total. The van der Waals surface area contributed by atoms with Crippen molar-refractivity contribution >= 4 is 5.97 Å². The molecule has 0 aliphatic carbocycles. The molecule has 0 saturated heterocycles. The van der Waals surface area contributed by atoms with Gasteiger partial charge in [0.15, 0.2) is 5.76 Å². The number of carboxylic acids is 1. The smallest absolute Gasteiger partial charge is 0.304 e. The average molecular weight is 222 g/mol. The van der Waals surface area contributed by atoms with E-state index in [4.69, 9.17) is 13.9 Å². The summed E-state index contributed by atoms with van der Waals surface area (Å²) in [5, 5.41) is 16.2. The molecule has 1 atom stereocenters. The van der Waals surface area contributed by atoms with Gasteiger partial charge >= 0.3 is 5.97 Å². The summed E-state index contributed by atoms with van der Waals surface area (Å²) < 4.78 is 10.4. The van der Waals surface area contributed by atoms with E-state index in [-0.39, 0.29) is 18.2 Å². The second-order valence-corrected chi connectivity index (χ2v) is 3.42. The molecule has 6 nitrogen and oxygen atoms in total. The van der Waals surface area contributed by atoms with Crippen molar-refractivity contribution in [3.63, 3.8) is 0 Å². The molecule has 0 spiro atoms. The van der Waals surface area contributed by atoms with Crippen LogP contribution in [0.15, 0.2) is 27.2 Å². The van der Waals surface area contributed by atoms with Gasteiger partial charge in [-0.15, -0.1) is 10.2 Å². The summed E-state index contributed by atoms with van der Waals surface area (Å²) in [5.74, 6) is -0.175. The van der Waals surface area contributed by atoms with Gasteiger partial charge < -0.3 is 13.9 Å². The number of aromatic nitrogens is 2. The predicted octanol–water partition coefficient (Wildman–Crippen LogP) is 1.91. The summed E-state index contributed by atoms with van der Waals surface area (Å²) in [7, 11) is 0. The van der Waals surface area contributed by atoms with Crippen molar-refractivity contribution in [3.8, 4) is 11.7 Å². The minimum absolute atomic E-state index is 0.0419. The van der Waals surface area contributed by atoms with Crippen LogP contribution in [0.25, 0.3) is 11.7 Å². The van der Waals surface area contributed by atoms with Gasteiger partial charge in [0.1, 0.15) is 0 Å². The molecule has 2 heterocycles. The lowest BCUT2D eigenvalue weighted by Crippen LogP contribution is -2.02. The summed E-state index contributed by atoms with van der Waals surface area (Å²) >= 11 is 0. The summed E-state index contributed by atoms with van der Waals surface area (Å²) in [6, 6.07) is 3.40. The molecule has 0 amide bonds. The maximum atomic E-state index is 10.5. The van der Waals surface area contributed by atoms with E-state index in [1.54, 1.807) is 19.1 Å². The third-order valence-electron chi connectivity index (χ3n) is 2.07. The Morgan fingerprint density at radius 2 is 2.38 bits per heavy atom. The van der Waals surface area contributed by atoms with Crippen molar-refractivity contribution in [2.75, 3.05) is 0 Å². The van der Waals surface area contributed by atoms with Crippen molar-refractivity contribution in [2.24, 2.45) is 0 Å². The molecule has 0 aliphatic heterocycles. The van der Waals surface area contributed by atoms with Gasteiger partial charge in [-0.3, -0.25) is 4.79 Å². The highest BCUT2D eigenvalue weighted by Crippen LogP contribution is 2.23. The van der Waals surface area contributed by atoms with Gasteiger partial charge in [0.25, 0.3) is 5.89 Å². The molecule has 0 fully saturated rings. The molecule has 0 bridgehead atoms. The molecule has 1 unspecified atom stereocenters. The Balaban J connectivity index is 2.16. The predicted molar refractivity (Wildman–Crippen MR) is 52.7 cm³/mol. The third-order valence-corrected chi connectivity index (χ3v) is 2.07. The van der Waals surface area contributed by atoms with Crippen molar-refractivity contribution in [2.45, 2.75) is 19.3 Å². The van der Waals surface area contributed by atoms with Crippen LogP contribution in [-0.2, 0) is 4.79 Å². The Morgan fingerprint density at radius 3 is 3.00 bits per heavy atom. The molecule has 2 aromatic heterocycles. The number of hydrogen-bond donors (Lipinski definition) is 1. The molecule has 0 saturated carbocycles. The van der Waals surface area contributed by atoms with Crippen LogP contribution in [0.4, 0.5) is 0 Å². The molecule has 84 valence electrons. The van der Waals surface area contributed by atoms with Gasteiger partial charge in [-0.1, -0.05) is 6.92 Å². The average Bonchev–Trinajstić information content (AvgIpc) is 2.87. The van der Waals surface area contributed by atoms with Gasteiger partial charge in [0, 0.05) is 5.92 Å². The first kappa shape index (κ1) is 10.4. The molecule has 16 heavy (non-hydrogen) atoms. The van der Waals surface area contributed by atoms with Crippen molar-refractivity contribution < 1.29 is 18.7 Å². The number of aliphatic carboxylic acids is 1. The zero-order valence-corrected chi connectivity index (χ0v) is 8.58. The Morgan fingerprint density at radius 1 is 1.56 bits per heavy atom. The zero-order valence-electron chi connectivity index (χ0n) is 8.58. The van der Waals surface area contributed by atoms with Crippen molar-refractivity contribution in [1.29, 1.82) is 0 Å². The van der Waals surface area contributed by atoms with Gasteiger partial charge in [-0.2, -0.15) is 0 Å². The molecule has 2 aromatic rings. The summed E-state index contributed by atoms with van der Waals surface area (Å²) in [5.41, 5.74) is 0. The fourth-order valence-corrected chi connectivity index (χ4v) is 1.28. The van der Waals surface area contributed by atoms with Crippen LogP contribution in [0.2, 0.25) is 0 Å². The van der Waals surface area contributed by atoms with E-state index < -0.39 is 5.97 Å². The van der Waals surface area contributed by atoms with Crippen LogP contribution in [0.3, 0.4) is 0 Å². The van der Waals surface area contributed by atoms with Gasteiger partial charge in [0.2, 0.25) is 5.89 Å². The standard InChI is InChI=1S/C10H10N2O4/c1-6(5-8(13)14)9-11-12-10(16-9)7-3-2-4-15-7/h2-4,6H,5H2,1H3,(H,13,14). The summed E-state index contributed by atoms with van der Waals surface area (Å²) in [4.78, 5) is 10.5. The van der Waals surface area contributed by atoms with Gasteiger partial charge in [0.05, 0.1) is 12.7 Å². The zero-order chi connectivity index (χ0) is 11.5. The number of furan rings is 1. The van der Waals surface area contributed by atoms with Crippen molar-refractivity contribution in [3.05, 3.63) is 24.3 Å². The largest absolute Gasteiger partial charge is 0.481 e. The molecule has 0 aromatic carbocycles. The number of carbonyl (C=O) groups is 1. The maximum Gasteiger partial charge on any atom is 0.304 e. The molecule has 0 radical (unpaired) electrons. The van der Waals surface area contributed by atoms with Gasteiger partial charge in [-0.05, 0) is 12.1 Å². The lowest BCUT2D eigenvalue weighted by Gasteiger charge is -2.00. The maximum absolute atomic E-state index is 10.5. The first-order valence-electron chi connectivity index (χ1n) is 4.76. The highest BCUT2D eigenvalue weighted by Gasteiger charge is 2.18. The van der Waals surface area contributed by atoms with E-state index >= 15 is 0 Å². The number of nitrogens with zero attached hydrogens (tertiary/aromatic N) is 2. The first-order chi connectivity index (χ1) is 7.66. The fourth-order valence-electron chi connectivity index (χ4n) is 1.28. The van der Waals surface area contributed by atoms with Crippen molar-refractivity contribution in [1.82, 2.24) is 10.2 Å². The van der Waals surface area contributed by atoms with E-state index in [1.165, 1.54) is 6.26 Å². The highest BCUT2D eigenvalue weighted by molar-refractivity contribution is 5.67. The second kappa shape index (κ2) is 4.18. The highest BCUT2D eigenvalue weighted by atomic mass is 16.4. The lowest BCUT2D eigenvalue weighted by atomic mass is 10.1. The Hall–Kier alpha value is -2.11. The molecule has 0 aliphatic rings. The Kier molecular flexibility index (Phi) is 2.72. The van der Waals surface area contributed by atoms with Gasteiger partial charge in [-0.25, -0.2) is 0 Å². The van der Waals surface area contributed by atoms with E-state index in [2.05, 4.69) is 10.2 Å². The van der Waals surface area contributed by atoms with Crippen LogP contribution < -0.4 is 0 Å². The van der Waals surface area contributed by atoms with E-state index in [0.29, 0.717) is 11.7 Å². The molecular formula is C10H10N2O4. The van der Waals surface area contributed by atoms with E-state index in [1.807, 2.05) is 0 Å². The summed E-state index contributed by atoms with van der Waals surface area (Å²) in [6.07, 6.45) is 1.46. The van der Waals surface area contributed by atoms with Crippen LogP contribution >= 0.6 is 0 Å². The topological polar surface area (TPSA) is 89.4 Å². The number of rotatable bonds is 4. The molecular weight excluding hydrogens is 212 g/mol. The summed E-state index contributed by atoms with van der Waals surface area (Å²) in [6.45, 7) is 1.72. The fraction of sp³-hybridized carbons (Fsp3) is 0.300. The van der Waals surface area contributed by atoms with Crippen LogP contribution in [0, 0.1) is 0 Å². The van der Waals surface area contributed by atoms with E-state index in [9.17, 15) is 4.79 Å². The normalized spacial score (nSPS) is 12.6. The minimum Gasteiger partial charge on any atom is -0.481 e. The SMILES string of the molecule is CC(CC(=O)O)c1nnc(-c2ccco2)o1. The minimum atomic E-state index is -0.898. The first-order valence-corrected chi connectivity index (χ1v) is 4.76. The van der Waals surface area contributed by atoms with Crippen LogP contribution in [0.1, 0.15) is 25.2 Å². The lowest BCUT2D eigenvalue weighted by molar-refractivity contribution is -0.137. The quantitative estimate of drug-likeness (QED) is 0.849. The Bertz CT molecular complexity index is 475. The number of carboxylic acid groups (broad SMARTS) is 1. The van der Waals surface area contributed by atoms with Crippen LogP contribution in [-0.4, -0.2) is 21.3 Å². The Labute approximate surface area is 90.9 Å². The monoisotopic (exact) mass is 222 g/mol.